The van der Waals surface area contributed by atoms with Crippen molar-refractivity contribution in [2.45, 2.75) is 18.7 Å². The largest absolute Gasteiger partial charge is 0.271 e. The summed E-state index contributed by atoms with van der Waals surface area (Å²) < 4.78 is 40.6. The Morgan fingerprint density at radius 3 is 2.32 bits per heavy atom. The molecule has 8 heteroatoms. The highest BCUT2D eigenvalue weighted by atomic mass is 32.2. The second-order valence-corrected chi connectivity index (χ2v) is 8.87. The van der Waals surface area contributed by atoms with Gasteiger partial charge in [0, 0.05) is 0 Å². The van der Waals surface area contributed by atoms with Crippen molar-refractivity contribution in [3.63, 3.8) is 0 Å². The number of hydrazone groups is 1. The molecule has 0 aliphatic carbocycles. The van der Waals surface area contributed by atoms with Crippen molar-refractivity contribution in [1.82, 2.24) is 5.43 Å². The first-order valence-electron chi connectivity index (χ1n) is 9.49. The Bertz CT molecular complexity index is 1190. The van der Waals surface area contributed by atoms with E-state index in [4.69, 9.17) is 0 Å². The second-order valence-electron chi connectivity index (χ2n) is 7.01. The number of rotatable bonds is 7. The third kappa shape index (κ3) is 5.76. The van der Waals surface area contributed by atoms with Gasteiger partial charge in [0.05, 0.1) is 16.8 Å². The molecule has 6 nitrogen and oxygen atoms in total. The average Bonchev–Trinajstić information content (AvgIpc) is 2.73. The van der Waals surface area contributed by atoms with Gasteiger partial charge in [0.15, 0.2) is 0 Å². The summed E-state index contributed by atoms with van der Waals surface area (Å²) in [6.45, 7) is 3.24. The molecule has 0 atom stereocenters. The van der Waals surface area contributed by atoms with Crippen molar-refractivity contribution in [1.29, 1.82) is 0 Å². The molecule has 1 amide bonds. The normalized spacial score (nSPS) is 11.5. The fourth-order valence-electron chi connectivity index (χ4n) is 2.83. The smallest absolute Gasteiger partial charge is 0.264 e. The molecule has 0 saturated heterocycles. The molecule has 1 N–H and O–H groups in total. The zero-order valence-corrected chi connectivity index (χ0v) is 17.9. The Balaban J connectivity index is 1.83. The number of nitrogens with one attached hydrogen (secondary N) is 1. The minimum Gasteiger partial charge on any atom is -0.271 e. The van der Waals surface area contributed by atoms with Crippen LogP contribution in [0.2, 0.25) is 0 Å². The summed E-state index contributed by atoms with van der Waals surface area (Å²) in [7, 11) is -3.99. The van der Waals surface area contributed by atoms with Gasteiger partial charge < -0.3 is 0 Å². The number of benzene rings is 3. The highest BCUT2D eigenvalue weighted by molar-refractivity contribution is 7.92. The van der Waals surface area contributed by atoms with Crippen LogP contribution in [0.5, 0.6) is 0 Å². The molecule has 3 aromatic carbocycles. The maximum absolute atomic E-state index is 13.3. The molecule has 0 unspecified atom stereocenters. The summed E-state index contributed by atoms with van der Waals surface area (Å²) in [5, 5.41) is 3.83. The van der Waals surface area contributed by atoms with E-state index in [-0.39, 0.29) is 10.7 Å². The van der Waals surface area contributed by atoms with Crippen LogP contribution in [0.25, 0.3) is 0 Å². The Morgan fingerprint density at radius 1 is 1.00 bits per heavy atom. The first-order chi connectivity index (χ1) is 14.8. The lowest BCUT2D eigenvalue weighted by Crippen LogP contribution is -2.39. The van der Waals surface area contributed by atoms with E-state index in [1.54, 1.807) is 30.3 Å². The predicted molar refractivity (Wildman–Crippen MR) is 119 cm³/mol. The number of amides is 1. The molecule has 160 valence electrons. The molecule has 0 bridgehead atoms. The van der Waals surface area contributed by atoms with Crippen LogP contribution >= 0.6 is 0 Å². The molecular formula is C23H22FN3O3S. The van der Waals surface area contributed by atoms with Crippen LogP contribution in [0.3, 0.4) is 0 Å². The van der Waals surface area contributed by atoms with E-state index in [0.29, 0.717) is 11.3 Å². The van der Waals surface area contributed by atoms with E-state index >= 15 is 0 Å². The van der Waals surface area contributed by atoms with Crippen molar-refractivity contribution < 1.29 is 17.6 Å². The van der Waals surface area contributed by atoms with Crippen LogP contribution in [-0.4, -0.2) is 27.1 Å². The molecule has 31 heavy (non-hydrogen) atoms. The van der Waals surface area contributed by atoms with Crippen LogP contribution < -0.4 is 9.73 Å². The number of hydrogen-bond acceptors (Lipinski definition) is 4. The minimum absolute atomic E-state index is 0.0854. The SMILES string of the molecule is Cc1ccc(S(=O)(=O)N(CC(=O)N/N=C\c2ccc(F)cc2)c2cccc(C)c2)cc1. The standard InChI is InChI=1S/C23H22FN3O3S/c1-17-6-12-22(13-7-17)31(29,30)27(21-5-3-4-18(2)14-21)16-23(28)26-25-15-19-8-10-20(24)11-9-19/h3-15H,16H2,1-2H3,(H,26,28)/b25-15-. The van der Waals surface area contributed by atoms with Crippen molar-refractivity contribution in [3.8, 4) is 0 Å². The number of sulfonamides is 1. The summed E-state index contributed by atoms with van der Waals surface area (Å²) in [6, 6.07) is 18.9. The monoisotopic (exact) mass is 439 g/mol. The van der Waals surface area contributed by atoms with Gasteiger partial charge in [0.25, 0.3) is 15.9 Å². The first kappa shape index (κ1) is 22.2. The molecule has 0 saturated carbocycles. The number of hydrogen-bond donors (Lipinski definition) is 1. The van der Waals surface area contributed by atoms with E-state index in [1.807, 2.05) is 19.9 Å². The van der Waals surface area contributed by atoms with Crippen LogP contribution in [0.15, 0.2) is 82.8 Å². The van der Waals surface area contributed by atoms with Gasteiger partial charge in [-0.15, -0.1) is 0 Å². The van der Waals surface area contributed by atoms with Crippen molar-refractivity contribution in [2.75, 3.05) is 10.8 Å². The van der Waals surface area contributed by atoms with Crippen molar-refractivity contribution in [3.05, 3.63) is 95.3 Å². The molecule has 0 fully saturated rings. The van der Waals surface area contributed by atoms with Gasteiger partial charge >= 0.3 is 0 Å². The molecular weight excluding hydrogens is 417 g/mol. The van der Waals surface area contributed by atoms with Crippen LogP contribution in [0.1, 0.15) is 16.7 Å². The summed E-state index contributed by atoms with van der Waals surface area (Å²) in [5.41, 5.74) is 5.07. The van der Waals surface area contributed by atoms with Gasteiger partial charge in [-0.3, -0.25) is 9.10 Å². The Labute approximate surface area is 181 Å². The van der Waals surface area contributed by atoms with Gasteiger partial charge in [-0.25, -0.2) is 18.2 Å². The summed E-state index contributed by atoms with van der Waals surface area (Å²) in [6.07, 6.45) is 1.35. The summed E-state index contributed by atoms with van der Waals surface area (Å²) >= 11 is 0. The lowest BCUT2D eigenvalue weighted by Gasteiger charge is -2.24. The van der Waals surface area contributed by atoms with Gasteiger partial charge in [-0.05, 0) is 61.4 Å². The number of nitrogens with zero attached hydrogens (tertiary/aromatic N) is 2. The van der Waals surface area contributed by atoms with E-state index in [9.17, 15) is 17.6 Å². The maximum Gasteiger partial charge on any atom is 0.264 e. The third-order valence-corrected chi connectivity index (χ3v) is 6.25. The highest BCUT2D eigenvalue weighted by Crippen LogP contribution is 2.24. The van der Waals surface area contributed by atoms with Gasteiger partial charge in [0.2, 0.25) is 0 Å². The van der Waals surface area contributed by atoms with Crippen molar-refractivity contribution in [2.24, 2.45) is 5.10 Å². The number of anilines is 1. The Kier molecular flexibility index (Phi) is 6.81. The van der Waals surface area contributed by atoms with Crippen LogP contribution in [0, 0.1) is 19.7 Å². The minimum atomic E-state index is -3.99. The van der Waals surface area contributed by atoms with Crippen LogP contribution in [-0.2, 0) is 14.8 Å². The van der Waals surface area contributed by atoms with Gasteiger partial charge in [0.1, 0.15) is 12.4 Å². The molecule has 0 radical (unpaired) electrons. The predicted octanol–water partition coefficient (Wildman–Crippen LogP) is 3.79. The summed E-state index contributed by atoms with van der Waals surface area (Å²) in [5.74, 6) is -0.994. The molecule has 3 aromatic rings. The van der Waals surface area contributed by atoms with Gasteiger partial charge in [-0.1, -0.05) is 42.0 Å². The number of halogens is 1. The van der Waals surface area contributed by atoms with E-state index in [0.717, 1.165) is 15.4 Å². The first-order valence-corrected chi connectivity index (χ1v) is 10.9. The fraction of sp³-hybridized carbons (Fsp3) is 0.130. The molecule has 0 aromatic heterocycles. The Morgan fingerprint density at radius 2 is 1.68 bits per heavy atom. The lowest BCUT2D eigenvalue weighted by atomic mass is 10.2. The zero-order chi connectivity index (χ0) is 22.4. The number of aryl methyl sites for hydroxylation is 2. The fourth-order valence-corrected chi connectivity index (χ4v) is 4.24. The highest BCUT2D eigenvalue weighted by Gasteiger charge is 2.27. The molecule has 0 aliphatic heterocycles. The third-order valence-electron chi connectivity index (χ3n) is 4.46. The number of carbonyl (C=O) groups is 1. The maximum atomic E-state index is 13.3. The van der Waals surface area contributed by atoms with E-state index in [2.05, 4.69) is 10.5 Å². The van der Waals surface area contributed by atoms with Crippen LogP contribution in [0.4, 0.5) is 10.1 Å². The van der Waals surface area contributed by atoms with E-state index < -0.39 is 22.5 Å². The second kappa shape index (κ2) is 9.53. The average molecular weight is 440 g/mol. The van der Waals surface area contributed by atoms with Gasteiger partial charge in [-0.2, -0.15) is 5.10 Å². The zero-order valence-electron chi connectivity index (χ0n) is 17.1. The molecule has 0 aliphatic rings. The topological polar surface area (TPSA) is 78.8 Å². The number of carbonyl (C=O) groups excluding carboxylic acids is 1. The summed E-state index contributed by atoms with van der Waals surface area (Å²) in [4.78, 5) is 12.6. The lowest BCUT2D eigenvalue weighted by molar-refractivity contribution is -0.119. The molecule has 0 heterocycles. The quantitative estimate of drug-likeness (QED) is 0.449. The van der Waals surface area contributed by atoms with Crippen molar-refractivity contribution >= 4 is 27.8 Å². The molecule has 0 spiro atoms. The van der Waals surface area contributed by atoms with E-state index in [1.165, 1.54) is 42.6 Å². The molecule has 3 rings (SSSR count). The Hall–Kier alpha value is -3.52.